The number of rotatable bonds is 11. The zero-order valence-electron chi connectivity index (χ0n) is 11.5. The van der Waals surface area contributed by atoms with Gasteiger partial charge in [0.05, 0.1) is 0 Å². The Morgan fingerprint density at radius 1 is 1.19 bits per heavy atom. The molecule has 0 aliphatic rings. The summed E-state index contributed by atoms with van der Waals surface area (Å²) in [5, 5.41) is 0. The maximum Gasteiger partial charge on any atom is 0.304 e. The molecule has 0 N–H and O–H groups in total. The van der Waals surface area contributed by atoms with Crippen molar-refractivity contribution < 1.29 is 8.85 Å². The minimum atomic E-state index is -0.734. The fourth-order valence-electron chi connectivity index (χ4n) is 1.48. The van der Waals surface area contributed by atoms with E-state index in [-0.39, 0.29) is 0 Å². The molecule has 16 heavy (non-hydrogen) atoms. The van der Waals surface area contributed by atoms with Gasteiger partial charge in [-0.2, -0.15) is 0 Å². The molecule has 0 bridgehead atoms. The topological polar surface area (TPSA) is 21.7 Å². The summed E-state index contributed by atoms with van der Waals surface area (Å²) in [6.07, 6.45) is 5.14. The normalized spacial score (nSPS) is 14.1. The zero-order chi connectivity index (χ0) is 12.2. The molecule has 0 aliphatic heterocycles. The van der Waals surface area contributed by atoms with E-state index >= 15 is 0 Å². The van der Waals surface area contributed by atoms with Gasteiger partial charge in [-0.3, -0.25) is 0 Å². The third-order valence-corrected chi connectivity index (χ3v) is 3.60. The van der Waals surface area contributed by atoms with Crippen molar-refractivity contribution in [1.82, 2.24) is 4.90 Å². The largest absolute Gasteiger partial charge is 0.399 e. The molecule has 3 nitrogen and oxygen atoms in total. The molecule has 4 heteroatoms. The Labute approximate surface area is 104 Å². The van der Waals surface area contributed by atoms with Crippen LogP contribution in [-0.2, 0) is 8.85 Å². The van der Waals surface area contributed by atoms with Crippen molar-refractivity contribution in [2.24, 2.45) is 5.92 Å². The number of hydrogen-bond donors (Lipinski definition) is 0. The van der Waals surface area contributed by atoms with Crippen molar-refractivity contribution in [3.8, 4) is 0 Å². The Bertz CT molecular complexity index is 145. The summed E-state index contributed by atoms with van der Waals surface area (Å²) >= 11 is 0. The molecule has 0 amide bonds. The van der Waals surface area contributed by atoms with Gasteiger partial charge in [-0.15, -0.1) is 0 Å². The van der Waals surface area contributed by atoms with E-state index in [4.69, 9.17) is 8.85 Å². The van der Waals surface area contributed by atoms with Gasteiger partial charge in [0.2, 0.25) is 0 Å². The van der Waals surface area contributed by atoms with E-state index in [0.29, 0.717) is 0 Å². The lowest BCUT2D eigenvalue weighted by atomic mass is 10.0. The summed E-state index contributed by atoms with van der Waals surface area (Å²) in [4.78, 5) is 2.13. The Hall–Kier alpha value is 0.0969. The lowest BCUT2D eigenvalue weighted by Gasteiger charge is -2.15. The third-order valence-electron chi connectivity index (χ3n) is 2.75. The predicted octanol–water partition coefficient (Wildman–Crippen LogP) is 1.80. The number of likely N-dealkylation sites (N-methyl/N-ethyl adjacent to an activating group) is 1. The van der Waals surface area contributed by atoms with E-state index in [1.165, 1.54) is 25.7 Å². The van der Waals surface area contributed by atoms with Crippen molar-refractivity contribution in [1.29, 1.82) is 0 Å². The van der Waals surface area contributed by atoms with Crippen molar-refractivity contribution in [3.63, 3.8) is 0 Å². The minimum absolute atomic E-state index is 0.734. The molecule has 0 rings (SSSR count). The second-order valence-electron chi connectivity index (χ2n) is 4.62. The first-order chi connectivity index (χ1) is 7.70. The van der Waals surface area contributed by atoms with Gasteiger partial charge in [0.15, 0.2) is 0 Å². The van der Waals surface area contributed by atoms with Gasteiger partial charge in [0, 0.05) is 19.8 Å². The highest BCUT2D eigenvalue weighted by Gasteiger charge is 2.05. The second kappa shape index (κ2) is 11.6. The quantitative estimate of drug-likeness (QED) is 0.410. The molecule has 98 valence electrons. The van der Waals surface area contributed by atoms with Gasteiger partial charge in [-0.1, -0.05) is 33.1 Å². The van der Waals surface area contributed by atoms with E-state index in [1.807, 2.05) is 0 Å². The summed E-state index contributed by atoms with van der Waals surface area (Å²) in [5.74, 6) is 0.741. The molecule has 0 radical (unpaired) electrons. The standard InChI is InChI=1S/C12H29NO2Si/c1-5-7-8-12(6-2)11-15-16-14-10-9-13(3)4/h12H,5-11,16H2,1-4H3. The van der Waals surface area contributed by atoms with Crippen LogP contribution in [0.1, 0.15) is 39.5 Å². The monoisotopic (exact) mass is 247 g/mol. The molecule has 1 unspecified atom stereocenters. The van der Waals surface area contributed by atoms with Crippen LogP contribution in [0.4, 0.5) is 0 Å². The van der Waals surface area contributed by atoms with Crippen LogP contribution in [-0.4, -0.2) is 48.8 Å². The zero-order valence-corrected chi connectivity index (χ0v) is 12.9. The van der Waals surface area contributed by atoms with E-state index in [0.717, 1.165) is 25.7 Å². The highest BCUT2D eigenvalue weighted by Crippen LogP contribution is 2.12. The van der Waals surface area contributed by atoms with Crippen molar-refractivity contribution in [2.45, 2.75) is 39.5 Å². The van der Waals surface area contributed by atoms with Crippen LogP contribution >= 0.6 is 0 Å². The van der Waals surface area contributed by atoms with Crippen LogP contribution in [0, 0.1) is 5.92 Å². The first-order valence-corrected chi connectivity index (χ1v) is 7.66. The fourth-order valence-corrected chi connectivity index (χ4v) is 2.27. The summed E-state index contributed by atoms with van der Waals surface area (Å²) in [6.45, 7) is 7.20. The molecule has 0 spiro atoms. The van der Waals surface area contributed by atoms with Gasteiger partial charge < -0.3 is 13.8 Å². The van der Waals surface area contributed by atoms with Gasteiger partial charge in [-0.05, 0) is 26.4 Å². The minimum Gasteiger partial charge on any atom is -0.399 e. The van der Waals surface area contributed by atoms with E-state index in [9.17, 15) is 0 Å². The Morgan fingerprint density at radius 2 is 1.94 bits per heavy atom. The van der Waals surface area contributed by atoms with Crippen LogP contribution in [0.15, 0.2) is 0 Å². The van der Waals surface area contributed by atoms with Gasteiger partial charge in [0.1, 0.15) is 0 Å². The first kappa shape index (κ1) is 16.1. The number of nitrogens with zero attached hydrogens (tertiary/aromatic N) is 1. The molecule has 0 aromatic rings. The molecule has 0 aromatic heterocycles. The first-order valence-electron chi connectivity index (χ1n) is 6.50. The van der Waals surface area contributed by atoms with Crippen molar-refractivity contribution in [2.75, 3.05) is 33.9 Å². The number of unbranched alkanes of at least 4 members (excludes halogenated alkanes) is 1. The van der Waals surface area contributed by atoms with E-state index in [2.05, 4.69) is 32.8 Å². The predicted molar refractivity (Wildman–Crippen MR) is 72.3 cm³/mol. The van der Waals surface area contributed by atoms with Crippen LogP contribution in [0.25, 0.3) is 0 Å². The molecule has 0 fully saturated rings. The van der Waals surface area contributed by atoms with Crippen LogP contribution in [0.5, 0.6) is 0 Å². The fraction of sp³-hybridized carbons (Fsp3) is 1.00. The Kier molecular flexibility index (Phi) is 11.6. The van der Waals surface area contributed by atoms with Gasteiger partial charge >= 0.3 is 10.0 Å². The lowest BCUT2D eigenvalue weighted by molar-refractivity contribution is 0.173. The van der Waals surface area contributed by atoms with Gasteiger partial charge in [0.25, 0.3) is 0 Å². The highest BCUT2D eigenvalue weighted by molar-refractivity contribution is 6.17. The summed E-state index contributed by atoms with van der Waals surface area (Å²) in [6, 6.07) is 0. The van der Waals surface area contributed by atoms with Crippen molar-refractivity contribution in [3.05, 3.63) is 0 Å². The molecule has 0 saturated heterocycles. The third kappa shape index (κ3) is 10.6. The van der Waals surface area contributed by atoms with Crippen molar-refractivity contribution >= 4 is 10.0 Å². The van der Waals surface area contributed by atoms with Crippen LogP contribution in [0.2, 0.25) is 0 Å². The summed E-state index contributed by atoms with van der Waals surface area (Å²) in [5.41, 5.74) is 0. The summed E-state index contributed by atoms with van der Waals surface area (Å²) in [7, 11) is 3.38. The maximum absolute atomic E-state index is 5.66. The van der Waals surface area contributed by atoms with E-state index in [1.54, 1.807) is 0 Å². The molecule has 1 atom stereocenters. The summed E-state index contributed by atoms with van der Waals surface area (Å²) < 4.78 is 11.2. The molecular weight excluding hydrogens is 218 g/mol. The molecular formula is C12H29NO2Si. The Morgan fingerprint density at radius 3 is 2.50 bits per heavy atom. The smallest absolute Gasteiger partial charge is 0.304 e. The van der Waals surface area contributed by atoms with Gasteiger partial charge in [-0.25, -0.2) is 0 Å². The molecule has 0 aliphatic carbocycles. The van der Waals surface area contributed by atoms with Crippen LogP contribution in [0.3, 0.4) is 0 Å². The molecule has 0 saturated carbocycles. The lowest BCUT2D eigenvalue weighted by Crippen LogP contribution is -2.21. The maximum atomic E-state index is 5.66. The molecule has 0 heterocycles. The Balaban J connectivity index is 3.27. The SMILES string of the molecule is CCCCC(CC)CO[SiH2]OCCN(C)C. The average molecular weight is 247 g/mol. The second-order valence-corrected chi connectivity index (χ2v) is 5.67. The average Bonchev–Trinajstić information content (AvgIpc) is 2.26. The van der Waals surface area contributed by atoms with E-state index < -0.39 is 10.0 Å². The highest BCUT2D eigenvalue weighted by atomic mass is 28.3. The van der Waals surface area contributed by atoms with Crippen LogP contribution < -0.4 is 0 Å². The molecule has 0 aromatic carbocycles. The number of hydrogen-bond acceptors (Lipinski definition) is 3.